The molecule has 0 atom stereocenters. The molecule has 4 heteroatoms. The number of furan rings is 2. The van der Waals surface area contributed by atoms with Crippen LogP contribution in [-0.4, -0.2) is 9.13 Å². The van der Waals surface area contributed by atoms with E-state index in [9.17, 15) is 0 Å². The molecule has 0 spiro atoms. The summed E-state index contributed by atoms with van der Waals surface area (Å²) in [5.74, 6) is 0. The summed E-state index contributed by atoms with van der Waals surface area (Å²) in [7, 11) is 0. The maximum absolute atomic E-state index is 6.46. The third-order valence-electron chi connectivity index (χ3n) is 13.7. The van der Waals surface area contributed by atoms with E-state index in [1.807, 2.05) is 18.2 Å². The second-order valence-electron chi connectivity index (χ2n) is 16.8. The van der Waals surface area contributed by atoms with Crippen LogP contribution in [0.25, 0.3) is 142 Å². The van der Waals surface area contributed by atoms with E-state index < -0.39 is 0 Å². The summed E-state index contributed by atoms with van der Waals surface area (Å²) in [6.07, 6.45) is 0. The first-order chi connectivity index (χ1) is 30.7. The highest BCUT2D eigenvalue weighted by Crippen LogP contribution is 2.45. The van der Waals surface area contributed by atoms with Gasteiger partial charge in [0.1, 0.15) is 22.3 Å². The molecule has 0 amide bonds. The summed E-state index contributed by atoms with van der Waals surface area (Å²) in [5.41, 5.74) is 12.9. The molecule has 0 saturated heterocycles. The minimum absolute atomic E-state index is 0.901. The van der Waals surface area contributed by atoms with Gasteiger partial charge in [0.15, 0.2) is 0 Å². The van der Waals surface area contributed by atoms with Crippen LogP contribution in [0.1, 0.15) is 0 Å². The third kappa shape index (κ3) is 4.20. The lowest BCUT2D eigenvalue weighted by Crippen LogP contribution is -1.97. The van der Waals surface area contributed by atoms with Crippen molar-refractivity contribution in [2.75, 3.05) is 0 Å². The highest BCUT2D eigenvalue weighted by atomic mass is 16.3. The van der Waals surface area contributed by atoms with Gasteiger partial charge in [0.05, 0.1) is 27.8 Å². The lowest BCUT2D eigenvalue weighted by Gasteiger charge is -2.18. The van der Waals surface area contributed by atoms with Crippen molar-refractivity contribution in [3.63, 3.8) is 0 Å². The third-order valence-corrected chi connectivity index (χ3v) is 13.7. The minimum atomic E-state index is 0.901. The maximum Gasteiger partial charge on any atom is 0.137 e. The molecule has 0 aliphatic rings. The normalized spacial score (nSPS) is 12.5. The van der Waals surface area contributed by atoms with Gasteiger partial charge < -0.3 is 18.0 Å². The summed E-state index contributed by atoms with van der Waals surface area (Å²) in [5, 5.41) is 17.0. The second-order valence-corrected chi connectivity index (χ2v) is 16.8. The molecule has 4 nitrogen and oxygen atoms in total. The lowest BCUT2D eigenvalue weighted by molar-refractivity contribution is 0.669. The molecule has 0 aliphatic heterocycles. The van der Waals surface area contributed by atoms with E-state index in [4.69, 9.17) is 8.83 Å². The molecule has 62 heavy (non-hydrogen) atoms. The Morgan fingerprint density at radius 3 is 1.44 bits per heavy atom. The first kappa shape index (κ1) is 32.5. The topological polar surface area (TPSA) is 36.1 Å². The summed E-state index contributed by atoms with van der Waals surface area (Å²) in [6, 6.07) is 70.7. The van der Waals surface area contributed by atoms with Crippen LogP contribution in [0.4, 0.5) is 0 Å². The average molecular weight is 789 g/mol. The highest BCUT2D eigenvalue weighted by molar-refractivity contribution is 6.28. The van der Waals surface area contributed by atoms with Gasteiger partial charge in [0.2, 0.25) is 0 Å². The first-order valence-corrected chi connectivity index (χ1v) is 21.2. The van der Waals surface area contributed by atoms with Crippen LogP contribution in [-0.2, 0) is 0 Å². The number of aromatic nitrogens is 2. The summed E-state index contributed by atoms with van der Waals surface area (Å²) < 4.78 is 17.7. The fraction of sp³-hybridized carbons (Fsp3) is 0. The van der Waals surface area contributed by atoms with Crippen LogP contribution >= 0.6 is 0 Å². The van der Waals surface area contributed by atoms with E-state index in [2.05, 4.69) is 185 Å². The molecule has 15 rings (SSSR count). The monoisotopic (exact) mass is 788 g/mol. The van der Waals surface area contributed by atoms with Crippen LogP contribution in [0.5, 0.6) is 0 Å². The van der Waals surface area contributed by atoms with Crippen LogP contribution in [0.2, 0.25) is 0 Å². The number of fused-ring (bicyclic) bond motifs is 12. The molecule has 0 saturated carbocycles. The van der Waals surface area contributed by atoms with Gasteiger partial charge >= 0.3 is 0 Å². The van der Waals surface area contributed by atoms with Gasteiger partial charge in [-0.25, -0.2) is 0 Å². The van der Waals surface area contributed by atoms with Gasteiger partial charge in [0.25, 0.3) is 0 Å². The molecule has 0 aliphatic carbocycles. The molecule has 0 radical (unpaired) electrons. The molecule has 4 aromatic heterocycles. The Morgan fingerprint density at radius 2 is 0.790 bits per heavy atom. The van der Waals surface area contributed by atoms with E-state index in [1.54, 1.807) is 0 Å². The molecule has 0 N–H and O–H groups in total. The number of hydrogen-bond donors (Lipinski definition) is 0. The SMILES string of the molecule is c1ccc2c(c1)oc1cc3c(cc12)c1ccccc1n3-c1ccc(-c2ccc3ccc4c(-n5c6ccccc6c6cc7c(cc65)oc5ccccc57)ccc5ccc2c3c54)cc1. The van der Waals surface area contributed by atoms with E-state index in [0.29, 0.717) is 0 Å². The highest BCUT2D eigenvalue weighted by Gasteiger charge is 2.21. The Kier molecular flexibility index (Phi) is 6.13. The molecular formula is C58H32N2O2. The van der Waals surface area contributed by atoms with Gasteiger partial charge in [-0.15, -0.1) is 0 Å². The zero-order valence-electron chi connectivity index (χ0n) is 33.2. The Hall–Kier alpha value is -8.34. The fourth-order valence-corrected chi connectivity index (χ4v) is 10.9. The predicted octanol–water partition coefficient (Wildman–Crippen LogP) is 16.2. The van der Waals surface area contributed by atoms with Crippen molar-refractivity contribution in [1.29, 1.82) is 0 Å². The Morgan fingerprint density at radius 1 is 0.290 bits per heavy atom. The summed E-state index contributed by atoms with van der Waals surface area (Å²) in [4.78, 5) is 0. The molecule has 15 aromatic rings. The lowest BCUT2D eigenvalue weighted by atomic mass is 9.89. The maximum atomic E-state index is 6.46. The van der Waals surface area contributed by atoms with Crippen molar-refractivity contribution >= 4 is 120 Å². The van der Waals surface area contributed by atoms with Gasteiger partial charge in [-0.3, -0.25) is 0 Å². The van der Waals surface area contributed by atoms with E-state index >= 15 is 0 Å². The van der Waals surface area contributed by atoms with E-state index in [1.165, 1.54) is 76.0 Å². The largest absolute Gasteiger partial charge is 0.456 e. The molecule has 11 aromatic carbocycles. The molecule has 286 valence electrons. The molecular weight excluding hydrogens is 757 g/mol. The van der Waals surface area contributed by atoms with Crippen molar-refractivity contribution in [3.05, 3.63) is 194 Å². The van der Waals surface area contributed by atoms with Crippen molar-refractivity contribution in [2.45, 2.75) is 0 Å². The smallest absolute Gasteiger partial charge is 0.137 e. The van der Waals surface area contributed by atoms with Crippen LogP contribution in [0.15, 0.2) is 203 Å². The van der Waals surface area contributed by atoms with Gasteiger partial charge in [-0.05, 0) is 92.7 Å². The van der Waals surface area contributed by atoms with E-state index in [-0.39, 0.29) is 0 Å². The first-order valence-electron chi connectivity index (χ1n) is 21.2. The molecule has 0 unspecified atom stereocenters. The van der Waals surface area contributed by atoms with Crippen LogP contribution in [0.3, 0.4) is 0 Å². The van der Waals surface area contributed by atoms with Crippen LogP contribution in [0, 0.1) is 0 Å². The Labute approximate surface area is 353 Å². The van der Waals surface area contributed by atoms with Gasteiger partial charge in [0, 0.05) is 66.3 Å². The molecule has 0 fully saturated rings. The van der Waals surface area contributed by atoms with Gasteiger partial charge in [-0.1, -0.05) is 127 Å². The minimum Gasteiger partial charge on any atom is -0.456 e. The van der Waals surface area contributed by atoms with Crippen molar-refractivity contribution in [3.8, 4) is 22.5 Å². The number of benzene rings is 11. The number of nitrogens with zero attached hydrogens (tertiary/aromatic N) is 2. The number of hydrogen-bond acceptors (Lipinski definition) is 2. The van der Waals surface area contributed by atoms with Crippen LogP contribution < -0.4 is 0 Å². The number of para-hydroxylation sites is 4. The van der Waals surface area contributed by atoms with Crippen molar-refractivity contribution in [2.24, 2.45) is 0 Å². The summed E-state index contributed by atoms with van der Waals surface area (Å²) in [6.45, 7) is 0. The fourth-order valence-electron chi connectivity index (χ4n) is 10.9. The van der Waals surface area contributed by atoms with Crippen molar-refractivity contribution < 1.29 is 8.83 Å². The molecule has 0 bridgehead atoms. The zero-order valence-corrected chi connectivity index (χ0v) is 33.2. The number of rotatable bonds is 3. The zero-order chi connectivity index (χ0) is 40.2. The van der Waals surface area contributed by atoms with Gasteiger partial charge in [-0.2, -0.15) is 0 Å². The second kappa shape index (κ2) is 11.7. The van der Waals surface area contributed by atoms with E-state index in [0.717, 1.165) is 66.3 Å². The quantitative estimate of drug-likeness (QED) is 0.167. The Balaban J connectivity index is 0.913. The summed E-state index contributed by atoms with van der Waals surface area (Å²) >= 11 is 0. The standard InChI is InChI=1S/C58H32N2O2/c1-5-13-48-38(9-1)44-29-46-40-11-3-7-15-53(40)61-55(46)31-51(44)59(48)36-23-17-33(18-24-36)37-25-19-34-21-27-43-50(28-22-35-20-26-42(37)57(34)58(35)43)60-49-14-6-2-10-39(49)45-30-47-41-12-4-8-16-54(41)62-56(47)32-52(45)60/h1-32H. The Bertz CT molecular complexity index is 4380. The van der Waals surface area contributed by atoms with Crippen molar-refractivity contribution in [1.82, 2.24) is 9.13 Å². The predicted molar refractivity (Wildman–Crippen MR) is 259 cm³/mol. The average Bonchev–Trinajstić information content (AvgIpc) is 4.06. The molecule has 4 heterocycles.